The molecule has 114 valence electrons. The van der Waals surface area contributed by atoms with Crippen LogP contribution in [-0.2, 0) is 4.74 Å². The largest absolute Gasteiger partial charge is 0.394 e. The van der Waals surface area contributed by atoms with Crippen molar-refractivity contribution in [1.29, 1.82) is 0 Å². The molecule has 0 radical (unpaired) electrons. The third-order valence-electron chi connectivity index (χ3n) is 3.78. The highest BCUT2D eigenvalue weighted by molar-refractivity contribution is 14.1. The summed E-state index contributed by atoms with van der Waals surface area (Å²) in [6, 6.07) is 0. The van der Waals surface area contributed by atoms with Crippen LogP contribution in [0.1, 0.15) is 13.2 Å². The number of halogens is 1. The summed E-state index contributed by atoms with van der Waals surface area (Å²) in [5.41, 5.74) is 4.79. The molecule has 3 unspecified atom stereocenters. The molecular formula is C12H15IN4O4. The van der Waals surface area contributed by atoms with E-state index in [1.54, 1.807) is 10.8 Å². The highest BCUT2D eigenvalue weighted by atomic mass is 127. The molecule has 8 nitrogen and oxygen atoms in total. The summed E-state index contributed by atoms with van der Waals surface area (Å²) in [4.78, 5) is 8.13. The van der Waals surface area contributed by atoms with Crippen molar-refractivity contribution in [1.82, 2.24) is 14.5 Å². The van der Waals surface area contributed by atoms with E-state index in [1.807, 2.05) is 0 Å². The molecule has 0 aliphatic carbocycles. The number of nitrogen functional groups attached to an aromatic ring is 1. The molecule has 1 fully saturated rings. The Bertz CT molecular complexity index is 689. The normalized spacial score (nSPS) is 32.9. The van der Waals surface area contributed by atoms with Gasteiger partial charge in [0, 0.05) is 9.77 Å². The van der Waals surface area contributed by atoms with Gasteiger partial charge in [-0.3, -0.25) is 0 Å². The van der Waals surface area contributed by atoms with Gasteiger partial charge in [0.2, 0.25) is 0 Å². The van der Waals surface area contributed by atoms with Crippen molar-refractivity contribution < 1.29 is 20.1 Å². The number of hydrogen-bond donors (Lipinski definition) is 4. The molecule has 3 heterocycles. The maximum Gasteiger partial charge on any atom is 0.167 e. The molecular weight excluding hydrogens is 391 g/mol. The van der Waals surface area contributed by atoms with Gasteiger partial charge in [0.05, 0.1) is 12.0 Å². The lowest BCUT2D eigenvalue weighted by atomic mass is 9.96. The van der Waals surface area contributed by atoms with Gasteiger partial charge < -0.3 is 30.4 Å². The number of ether oxygens (including phenoxy) is 1. The predicted octanol–water partition coefficient (Wildman–Crippen LogP) is -0.380. The van der Waals surface area contributed by atoms with Gasteiger partial charge in [-0.1, -0.05) is 0 Å². The smallest absolute Gasteiger partial charge is 0.167 e. The number of rotatable bonds is 2. The van der Waals surface area contributed by atoms with Crippen LogP contribution in [0.3, 0.4) is 0 Å². The number of aromatic nitrogens is 3. The zero-order chi connectivity index (χ0) is 15.4. The number of fused-ring (bicyclic) bond motifs is 1. The Morgan fingerprint density at radius 3 is 2.86 bits per heavy atom. The molecule has 1 saturated heterocycles. The molecule has 0 aromatic carbocycles. The summed E-state index contributed by atoms with van der Waals surface area (Å²) in [6.45, 7) is 1.07. The monoisotopic (exact) mass is 406 g/mol. The highest BCUT2D eigenvalue weighted by Gasteiger charge is 2.53. The van der Waals surface area contributed by atoms with E-state index in [0.29, 0.717) is 16.9 Å². The molecule has 1 aliphatic heterocycles. The molecule has 4 atom stereocenters. The first-order valence-electron chi connectivity index (χ1n) is 6.31. The van der Waals surface area contributed by atoms with Crippen LogP contribution in [-0.4, -0.2) is 54.3 Å². The molecule has 9 heteroatoms. The van der Waals surface area contributed by atoms with Crippen molar-refractivity contribution in [3.63, 3.8) is 0 Å². The second-order valence-electron chi connectivity index (χ2n) is 5.22. The summed E-state index contributed by atoms with van der Waals surface area (Å²) in [5.74, 6) is 0.333. The van der Waals surface area contributed by atoms with E-state index in [4.69, 9.17) is 10.5 Å². The lowest BCUT2D eigenvalue weighted by Crippen LogP contribution is -2.44. The number of aliphatic hydroxyl groups excluding tert-OH is 2. The Balaban J connectivity index is 2.15. The number of anilines is 1. The van der Waals surface area contributed by atoms with Crippen molar-refractivity contribution in [3.8, 4) is 0 Å². The maximum absolute atomic E-state index is 10.5. The number of hydrogen-bond acceptors (Lipinski definition) is 7. The average molecular weight is 406 g/mol. The van der Waals surface area contributed by atoms with Gasteiger partial charge in [0.25, 0.3) is 0 Å². The maximum atomic E-state index is 10.5. The standard InChI is InChI=1S/C12H15IN4O4/c1-12(20)8(19)6(3-18)21-11(12)17-2-5(13)7-9(14)15-4-16-10(7)17/h2,4,6,8,11,18-20H,3H2,1H3,(H2,14,15,16)/t6?,8?,11?,12-/m1/s1. The first-order valence-corrected chi connectivity index (χ1v) is 7.39. The molecule has 2 aromatic rings. The van der Waals surface area contributed by atoms with Crippen LogP contribution in [0.25, 0.3) is 11.0 Å². The lowest BCUT2D eigenvalue weighted by molar-refractivity contribution is -0.0948. The Kier molecular flexibility index (Phi) is 3.56. The van der Waals surface area contributed by atoms with Crippen LogP contribution in [0.15, 0.2) is 12.5 Å². The zero-order valence-corrected chi connectivity index (χ0v) is 13.3. The van der Waals surface area contributed by atoms with E-state index in [1.165, 1.54) is 13.3 Å². The van der Waals surface area contributed by atoms with Gasteiger partial charge in [-0.15, -0.1) is 0 Å². The minimum Gasteiger partial charge on any atom is -0.394 e. The van der Waals surface area contributed by atoms with Gasteiger partial charge in [-0.05, 0) is 29.5 Å². The lowest BCUT2D eigenvalue weighted by Gasteiger charge is -2.27. The number of nitrogens with two attached hydrogens (primary N) is 1. The van der Waals surface area contributed by atoms with E-state index >= 15 is 0 Å². The fourth-order valence-corrected chi connectivity index (χ4v) is 3.45. The molecule has 0 saturated carbocycles. The van der Waals surface area contributed by atoms with Crippen molar-refractivity contribution >= 4 is 39.4 Å². The molecule has 3 rings (SSSR count). The summed E-state index contributed by atoms with van der Waals surface area (Å²) in [7, 11) is 0. The molecule has 1 aliphatic rings. The molecule has 5 N–H and O–H groups in total. The SMILES string of the molecule is C[C@@]1(O)C(O)C(CO)OC1n1cc(I)c2c(N)ncnc21. The van der Waals surface area contributed by atoms with Crippen LogP contribution in [0, 0.1) is 3.57 Å². The van der Waals surface area contributed by atoms with Gasteiger partial charge in [0.1, 0.15) is 35.6 Å². The topological polar surface area (TPSA) is 127 Å². The first-order chi connectivity index (χ1) is 9.87. The predicted molar refractivity (Wildman–Crippen MR) is 82.3 cm³/mol. The van der Waals surface area contributed by atoms with Crippen LogP contribution in [0.4, 0.5) is 5.82 Å². The fourth-order valence-electron chi connectivity index (χ4n) is 2.63. The summed E-state index contributed by atoms with van der Waals surface area (Å²) in [6.07, 6.45) is 0.0986. The van der Waals surface area contributed by atoms with Crippen LogP contribution in [0.2, 0.25) is 0 Å². The van der Waals surface area contributed by atoms with E-state index in [0.717, 1.165) is 3.57 Å². The number of aliphatic hydroxyl groups is 3. The van der Waals surface area contributed by atoms with Crippen molar-refractivity contribution in [2.24, 2.45) is 0 Å². The summed E-state index contributed by atoms with van der Waals surface area (Å²) < 4.78 is 8.01. The average Bonchev–Trinajstić information content (AvgIpc) is 2.87. The molecule has 0 amide bonds. The van der Waals surface area contributed by atoms with Gasteiger partial charge >= 0.3 is 0 Å². The van der Waals surface area contributed by atoms with E-state index in [9.17, 15) is 15.3 Å². The van der Waals surface area contributed by atoms with Crippen molar-refractivity contribution in [2.75, 3.05) is 12.3 Å². The Hall–Kier alpha value is -1.01. The number of nitrogens with zero attached hydrogens (tertiary/aromatic N) is 3. The highest BCUT2D eigenvalue weighted by Crippen LogP contribution is 2.40. The van der Waals surface area contributed by atoms with Crippen molar-refractivity contribution in [3.05, 3.63) is 16.1 Å². The molecule has 2 aromatic heterocycles. The molecule has 0 bridgehead atoms. The third-order valence-corrected chi connectivity index (χ3v) is 4.60. The van der Waals surface area contributed by atoms with E-state index < -0.39 is 24.0 Å². The second kappa shape index (κ2) is 5.02. The van der Waals surface area contributed by atoms with E-state index in [2.05, 4.69) is 32.6 Å². The minimum atomic E-state index is -1.57. The Morgan fingerprint density at radius 1 is 1.52 bits per heavy atom. The van der Waals surface area contributed by atoms with Gasteiger partial charge in [0.15, 0.2) is 6.23 Å². The zero-order valence-electron chi connectivity index (χ0n) is 11.1. The van der Waals surface area contributed by atoms with Gasteiger partial charge in [-0.2, -0.15) is 0 Å². The fraction of sp³-hybridized carbons (Fsp3) is 0.500. The first kappa shape index (κ1) is 14.9. The molecule has 21 heavy (non-hydrogen) atoms. The van der Waals surface area contributed by atoms with Crippen LogP contribution >= 0.6 is 22.6 Å². The van der Waals surface area contributed by atoms with Crippen molar-refractivity contribution in [2.45, 2.75) is 31.0 Å². The van der Waals surface area contributed by atoms with E-state index in [-0.39, 0.29) is 6.61 Å². The minimum absolute atomic E-state index is 0.333. The second-order valence-corrected chi connectivity index (χ2v) is 6.38. The van der Waals surface area contributed by atoms with Gasteiger partial charge in [-0.25, -0.2) is 9.97 Å². The summed E-state index contributed by atoms with van der Waals surface area (Å²) in [5, 5.41) is 30.5. The quantitative estimate of drug-likeness (QED) is 0.501. The van der Waals surface area contributed by atoms with Crippen LogP contribution in [0.5, 0.6) is 0 Å². The molecule has 0 spiro atoms. The summed E-state index contributed by atoms with van der Waals surface area (Å²) >= 11 is 2.09. The third kappa shape index (κ3) is 2.11. The van der Waals surface area contributed by atoms with Crippen LogP contribution < -0.4 is 5.73 Å². The Labute approximate surface area is 133 Å². The Morgan fingerprint density at radius 2 is 2.24 bits per heavy atom.